The van der Waals surface area contributed by atoms with Crippen LogP contribution in [0, 0.1) is 5.92 Å². The Morgan fingerprint density at radius 1 is 1.31 bits per heavy atom. The topological polar surface area (TPSA) is 93.1 Å². The lowest BCUT2D eigenvalue weighted by Gasteiger charge is -2.31. The molecule has 0 aromatic rings. The van der Waals surface area contributed by atoms with Crippen LogP contribution in [-0.2, 0) is 19.1 Å². The highest BCUT2D eigenvalue weighted by atomic mass is 16.6. The minimum absolute atomic E-state index is 0.135. The van der Waals surface area contributed by atoms with Crippen LogP contribution in [0.2, 0.25) is 0 Å². The average Bonchev–Trinajstić information content (AvgIpc) is 2.82. The monoisotopic (exact) mass is 362 g/mol. The van der Waals surface area contributed by atoms with Crippen LogP contribution < -0.4 is 0 Å². The molecule has 1 aliphatic heterocycles. The zero-order valence-corrected chi connectivity index (χ0v) is 15.6. The molecule has 26 heavy (non-hydrogen) atoms. The van der Waals surface area contributed by atoms with Crippen LogP contribution in [0.25, 0.3) is 0 Å². The van der Waals surface area contributed by atoms with Gasteiger partial charge in [-0.2, -0.15) is 0 Å². The summed E-state index contributed by atoms with van der Waals surface area (Å²) in [5, 5.41) is 21.0. The molecule has 1 saturated heterocycles. The molecule has 0 saturated carbocycles. The van der Waals surface area contributed by atoms with Crippen molar-refractivity contribution in [1.82, 2.24) is 0 Å². The lowest BCUT2D eigenvalue weighted by molar-refractivity contribution is -0.152. The van der Waals surface area contributed by atoms with Gasteiger partial charge >= 0.3 is 11.9 Å². The van der Waals surface area contributed by atoms with E-state index >= 15 is 0 Å². The van der Waals surface area contributed by atoms with Crippen LogP contribution >= 0.6 is 0 Å². The number of allylic oxidation sites excluding steroid dienone is 1. The number of rotatable bonds is 2. The predicted octanol–water partition coefficient (Wildman–Crippen LogP) is 1.98. The van der Waals surface area contributed by atoms with E-state index in [1.165, 1.54) is 6.08 Å². The fourth-order valence-corrected chi connectivity index (χ4v) is 3.10. The number of aliphatic hydroxyl groups is 2. The zero-order chi connectivity index (χ0) is 19.6. The third kappa shape index (κ3) is 4.31. The molecule has 2 rings (SSSR count). The van der Waals surface area contributed by atoms with Gasteiger partial charge in [-0.05, 0) is 51.3 Å². The summed E-state index contributed by atoms with van der Waals surface area (Å²) in [4.78, 5) is 24.2. The molecule has 1 fully saturated rings. The highest BCUT2D eigenvalue weighted by Gasteiger charge is 2.47. The van der Waals surface area contributed by atoms with Crippen LogP contribution in [0.3, 0.4) is 0 Å². The fraction of sp³-hybridized carbons (Fsp3) is 0.500. The number of aliphatic hydroxyl groups excluding tert-OH is 2. The number of hydrogen-bond donors (Lipinski definition) is 2. The second-order valence-corrected chi connectivity index (χ2v) is 7.10. The third-order valence-electron chi connectivity index (χ3n) is 4.67. The molecule has 0 aromatic heterocycles. The van der Waals surface area contributed by atoms with Crippen molar-refractivity contribution in [2.75, 3.05) is 0 Å². The average molecular weight is 362 g/mol. The van der Waals surface area contributed by atoms with Crippen LogP contribution in [-0.4, -0.2) is 46.6 Å². The Labute approximate surface area is 153 Å². The van der Waals surface area contributed by atoms with Crippen molar-refractivity contribution >= 4 is 11.9 Å². The van der Waals surface area contributed by atoms with Crippen LogP contribution in [0.5, 0.6) is 0 Å². The number of ether oxygens (including phenoxy) is 2. The van der Waals surface area contributed by atoms with Gasteiger partial charge in [-0.1, -0.05) is 18.2 Å². The Morgan fingerprint density at radius 2 is 1.96 bits per heavy atom. The number of esters is 2. The normalized spacial score (nSPS) is 36.0. The van der Waals surface area contributed by atoms with E-state index in [2.05, 4.69) is 6.58 Å². The molecule has 0 aromatic carbocycles. The molecule has 0 unspecified atom stereocenters. The van der Waals surface area contributed by atoms with Gasteiger partial charge in [0, 0.05) is 11.6 Å². The van der Waals surface area contributed by atoms with E-state index in [-0.39, 0.29) is 5.57 Å². The lowest BCUT2D eigenvalue weighted by atomic mass is 9.83. The smallest absolute Gasteiger partial charge is 0.334 e. The fourth-order valence-electron chi connectivity index (χ4n) is 3.10. The molecule has 0 radical (unpaired) electrons. The van der Waals surface area contributed by atoms with Gasteiger partial charge in [0.2, 0.25) is 0 Å². The minimum atomic E-state index is -1.15. The van der Waals surface area contributed by atoms with Crippen molar-refractivity contribution in [1.29, 1.82) is 0 Å². The summed E-state index contributed by atoms with van der Waals surface area (Å²) in [5.74, 6) is -1.95. The maximum atomic E-state index is 12.2. The second-order valence-electron chi connectivity index (χ2n) is 7.10. The summed E-state index contributed by atoms with van der Waals surface area (Å²) in [6.45, 7) is 10.7. The van der Waals surface area contributed by atoms with Crippen molar-refractivity contribution in [2.45, 2.75) is 58.5 Å². The van der Waals surface area contributed by atoms with Gasteiger partial charge in [0.25, 0.3) is 0 Å². The van der Waals surface area contributed by atoms with Gasteiger partial charge in [-0.3, -0.25) is 0 Å². The van der Waals surface area contributed by atoms with E-state index in [0.717, 1.165) is 5.57 Å². The molecule has 142 valence electrons. The van der Waals surface area contributed by atoms with E-state index < -0.39 is 42.3 Å². The van der Waals surface area contributed by atoms with Crippen LogP contribution in [0.1, 0.15) is 34.1 Å². The molecule has 2 N–H and O–H groups in total. The Kier molecular flexibility index (Phi) is 6.21. The Morgan fingerprint density at radius 3 is 2.58 bits per heavy atom. The molecule has 0 bridgehead atoms. The Bertz CT molecular complexity index is 695. The van der Waals surface area contributed by atoms with Gasteiger partial charge < -0.3 is 19.7 Å². The first kappa shape index (κ1) is 20.1. The van der Waals surface area contributed by atoms with Gasteiger partial charge in [-0.15, -0.1) is 0 Å². The molecule has 0 amide bonds. The first-order valence-corrected chi connectivity index (χ1v) is 8.58. The van der Waals surface area contributed by atoms with Crippen molar-refractivity contribution in [3.05, 3.63) is 47.1 Å². The number of carbonyl (C=O) groups is 2. The van der Waals surface area contributed by atoms with E-state index in [9.17, 15) is 19.8 Å². The second kappa shape index (κ2) is 8.01. The van der Waals surface area contributed by atoms with E-state index in [1.54, 1.807) is 39.8 Å². The molecule has 6 nitrogen and oxygen atoms in total. The largest absolute Gasteiger partial charge is 0.455 e. The highest BCUT2D eigenvalue weighted by Crippen LogP contribution is 2.36. The zero-order valence-electron chi connectivity index (χ0n) is 15.6. The van der Waals surface area contributed by atoms with Crippen LogP contribution in [0.15, 0.2) is 47.1 Å². The molecule has 2 aliphatic rings. The van der Waals surface area contributed by atoms with Crippen molar-refractivity contribution < 1.29 is 29.3 Å². The Balaban J connectivity index is 2.49. The summed E-state index contributed by atoms with van der Waals surface area (Å²) >= 11 is 0. The molecule has 6 heteroatoms. The molecule has 0 spiro atoms. The minimum Gasteiger partial charge on any atom is -0.455 e. The highest BCUT2D eigenvalue weighted by molar-refractivity contribution is 5.91. The van der Waals surface area contributed by atoms with Crippen molar-refractivity contribution in [3.8, 4) is 0 Å². The lowest BCUT2D eigenvalue weighted by Crippen LogP contribution is -2.42. The molecule has 1 aliphatic carbocycles. The van der Waals surface area contributed by atoms with Crippen LogP contribution in [0.4, 0.5) is 0 Å². The predicted molar refractivity (Wildman–Crippen MR) is 96.0 cm³/mol. The molecule has 1 heterocycles. The first-order chi connectivity index (χ1) is 12.1. The van der Waals surface area contributed by atoms with Gasteiger partial charge in [0.1, 0.15) is 18.3 Å². The number of hydrogen-bond acceptors (Lipinski definition) is 6. The quantitative estimate of drug-likeness (QED) is 0.443. The molecule has 5 atom stereocenters. The summed E-state index contributed by atoms with van der Waals surface area (Å²) in [7, 11) is 0. The maximum absolute atomic E-state index is 12.2. The van der Waals surface area contributed by atoms with Crippen molar-refractivity contribution in [2.24, 2.45) is 5.92 Å². The molecular formula is C20H26O6. The van der Waals surface area contributed by atoms with E-state index in [4.69, 9.17) is 9.47 Å². The third-order valence-corrected chi connectivity index (χ3v) is 4.67. The summed E-state index contributed by atoms with van der Waals surface area (Å²) < 4.78 is 10.9. The van der Waals surface area contributed by atoms with E-state index in [1.807, 2.05) is 0 Å². The van der Waals surface area contributed by atoms with E-state index in [0.29, 0.717) is 17.6 Å². The standard InChI is InChI=1S/C20H26O6/c1-10(2)8-16(22)26-19-17-13(5)20(24)25-15(17)9-12(4)14(21)7-6-11(3)18(19)23/h6,8-9,14-15,17-19,21,23H,5,7H2,1-4H3/b11-6+,12-9-/t14-,15-,17+,18-,19-/m1/s1. The first-order valence-electron chi connectivity index (χ1n) is 8.58. The summed E-state index contributed by atoms with van der Waals surface area (Å²) in [6.07, 6.45) is 1.25. The number of carbonyl (C=O) groups excluding carboxylic acids is 2. The Hall–Kier alpha value is -2.18. The van der Waals surface area contributed by atoms with Gasteiger partial charge in [-0.25, -0.2) is 9.59 Å². The van der Waals surface area contributed by atoms with Gasteiger partial charge in [0.15, 0.2) is 0 Å². The maximum Gasteiger partial charge on any atom is 0.334 e. The number of fused-ring (bicyclic) bond motifs is 1. The van der Waals surface area contributed by atoms with Gasteiger partial charge in [0.05, 0.1) is 12.0 Å². The summed E-state index contributed by atoms with van der Waals surface area (Å²) in [6, 6.07) is 0. The summed E-state index contributed by atoms with van der Waals surface area (Å²) in [5.41, 5.74) is 2.07. The van der Waals surface area contributed by atoms with Crippen molar-refractivity contribution in [3.63, 3.8) is 0 Å². The molecular weight excluding hydrogens is 336 g/mol. The SMILES string of the molecule is C=C1C(=O)O[C@@H]2/C=C(/C)[C@H](O)C/C=C(\C)[C@@H](O)[C@H](OC(=O)C=C(C)C)[C@@H]12.